The lowest BCUT2D eigenvalue weighted by molar-refractivity contribution is -0.175. The maximum atomic E-state index is 13.6. The van der Waals surface area contributed by atoms with Gasteiger partial charge in [-0.05, 0) is 19.8 Å². The molecule has 0 heterocycles. The number of unbranched alkanes of at least 4 members (excludes halogenated alkanes) is 24. The molecule has 6 nitrogen and oxygen atoms in total. The van der Waals surface area contributed by atoms with Crippen LogP contribution in [0.4, 0.5) is 0 Å². The van der Waals surface area contributed by atoms with Crippen molar-refractivity contribution in [3.05, 3.63) is 0 Å². The van der Waals surface area contributed by atoms with E-state index in [0.29, 0.717) is 12.8 Å². The summed E-state index contributed by atoms with van der Waals surface area (Å²) in [5, 5.41) is 10.9. The number of ketones is 2. The van der Waals surface area contributed by atoms with Crippen molar-refractivity contribution >= 4 is 17.5 Å². The van der Waals surface area contributed by atoms with Gasteiger partial charge in [-0.1, -0.05) is 174 Å². The number of hydrogen-bond acceptors (Lipinski definition) is 5. The summed E-state index contributed by atoms with van der Waals surface area (Å²) in [5.41, 5.74) is -2.24. The first-order chi connectivity index (χ1) is 21.8. The molecule has 0 bridgehead atoms. The molecular formula is C39H75NO5. The standard InChI is InChI=1S/C39H75NO5/c1-6-9-11-13-15-17-19-21-23-25-27-29-31-33-35(41)37(43)39(45-8-3,38(44)40(4)5)36(42)34-32-30-28-26-24-22-20-18-16-14-12-10-7-2/h35,41H,6-34H2,1-5H3. The summed E-state index contributed by atoms with van der Waals surface area (Å²) in [7, 11) is 3.06. The van der Waals surface area contributed by atoms with Crippen LogP contribution in [0.5, 0.6) is 0 Å². The molecule has 0 rings (SSSR count). The Morgan fingerprint density at radius 1 is 0.556 bits per heavy atom. The van der Waals surface area contributed by atoms with Crippen LogP contribution in [-0.2, 0) is 19.1 Å². The maximum absolute atomic E-state index is 13.6. The molecular weight excluding hydrogens is 562 g/mol. The summed E-state index contributed by atoms with van der Waals surface area (Å²) < 4.78 is 5.73. The lowest BCUT2D eigenvalue weighted by Gasteiger charge is -2.33. The number of likely N-dealkylation sites (N-methyl/N-ethyl adjacent to an activating group) is 1. The highest BCUT2D eigenvalue weighted by atomic mass is 16.5. The first kappa shape index (κ1) is 43.7. The average Bonchev–Trinajstić information content (AvgIpc) is 3.03. The summed E-state index contributed by atoms with van der Waals surface area (Å²) in [5.74, 6) is -1.99. The van der Waals surface area contributed by atoms with E-state index in [0.717, 1.165) is 32.1 Å². The number of nitrogens with zero attached hydrogens (tertiary/aromatic N) is 1. The number of amides is 1. The van der Waals surface area contributed by atoms with Gasteiger partial charge in [-0.3, -0.25) is 14.4 Å². The van der Waals surface area contributed by atoms with E-state index in [1.165, 1.54) is 141 Å². The molecule has 0 saturated carbocycles. The Morgan fingerprint density at radius 3 is 1.22 bits per heavy atom. The highest BCUT2D eigenvalue weighted by Gasteiger charge is 2.55. The summed E-state index contributed by atoms with van der Waals surface area (Å²) in [4.78, 5) is 41.7. The number of hydrogen-bond donors (Lipinski definition) is 1. The second kappa shape index (κ2) is 30.1. The summed E-state index contributed by atoms with van der Waals surface area (Å²) in [6.45, 7) is 6.23. The molecule has 1 amide bonds. The van der Waals surface area contributed by atoms with E-state index < -0.39 is 29.2 Å². The summed E-state index contributed by atoms with van der Waals surface area (Å²) in [6, 6.07) is 0. The van der Waals surface area contributed by atoms with Gasteiger partial charge in [0.05, 0.1) is 0 Å². The van der Waals surface area contributed by atoms with E-state index in [1.807, 2.05) is 0 Å². The third-order valence-electron chi connectivity index (χ3n) is 9.20. The molecule has 0 aliphatic rings. The van der Waals surface area contributed by atoms with E-state index in [1.54, 1.807) is 6.92 Å². The maximum Gasteiger partial charge on any atom is 0.270 e. The first-order valence-corrected chi connectivity index (χ1v) is 19.4. The highest BCUT2D eigenvalue weighted by molar-refractivity contribution is 6.28. The molecule has 2 unspecified atom stereocenters. The molecule has 266 valence electrons. The first-order valence-electron chi connectivity index (χ1n) is 19.4. The molecule has 0 aliphatic carbocycles. The molecule has 2 atom stereocenters. The van der Waals surface area contributed by atoms with Gasteiger partial charge in [0, 0.05) is 27.1 Å². The molecule has 45 heavy (non-hydrogen) atoms. The minimum Gasteiger partial charge on any atom is -0.385 e. The fourth-order valence-electron chi connectivity index (χ4n) is 6.31. The van der Waals surface area contributed by atoms with Gasteiger partial charge in [-0.25, -0.2) is 0 Å². The minimum atomic E-state index is -2.24. The van der Waals surface area contributed by atoms with Crippen LogP contribution in [0.15, 0.2) is 0 Å². The molecule has 0 aliphatic heterocycles. The Kier molecular flexibility index (Phi) is 29.2. The zero-order valence-electron chi connectivity index (χ0n) is 30.6. The summed E-state index contributed by atoms with van der Waals surface area (Å²) >= 11 is 0. The Balaban J connectivity index is 4.53. The van der Waals surface area contributed by atoms with Crippen LogP contribution in [0.25, 0.3) is 0 Å². The second-order valence-corrected chi connectivity index (χ2v) is 13.6. The van der Waals surface area contributed by atoms with Crippen LogP contribution < -0.4 is 0 Å². The fraction of sp³-hybridized carbons (Fsp3) is 0.923. The largest absolute Gasteiger partial charge is 0.385 e. The van der Waals surface area contributed by atoms with Gasteiger partial charge >= 0.3 is 0 Å². The van der Waals surface area contributed by atoms with Gasteiger partial charge in [-0.2, -0.15) is 0 Å². The topological polar surface area (TPSA) is 83.9 Å². The van der Waals surface area contributed by atoms with E-state index in [9.17, 15) is 19.5 Å². The number of rotatable bonds is 34. The van der Waals surface area contributed by atoms with Crippen molar-refractivity contribution in [2.75, 3.05) is 20.7 Å². The molecule has 0 aromatic heterocycles. The Hall–Kier alpha value is -1.27. The predicted molar refractivity (Wildman–Crippen MR) is 190 cm³/mol. The van der Waals surface area contributed by atoms with E-state index >= 15 is 0 Å². The van der Waals surface area contributed by atoms with Gasteiger partial charge in [0.2, 0.25) is 5.78 Å². The molecule has 0 radical (unpaired) electrons. The van der Waals surface area contributed by atoms with E-state index in [2.05, 4.69) is 13.8 Å². The summed E-state index contributed by atoms with van der Waals surface area (Å²) in [6.07, 6.45) is 30.3. The van der Waals surface area contributed by atoms with Crippen molar-refractivity contribution in [1.29, 1.82) is 0 Å². The van der Waals surface area contributed by atoms with Gasteiger partial charge in [-0.15, -0.1) is 0 Å². The number of Topliss-reactive ketones (excluding diaryl/α,β-unsaturated/α-hetero) is 2. The van der Waals surface area contributed by atoms with Gasteiger partial charge in [0.15, 0.2) is 5.78 Å². The zero-order valence-corrected chi connectivity index (χ0v) is 30.6. The van der Waals surface area contributed by atoms with Gasteiger partial charge in [0.1, 0.15) is 6.10 Å². The van der Waals surface area contributed by atoms with Crippen molar-refractivity contribution in [3.63, 3.8) is 0 Å². The Labute approximate surface area is 279 Å². The molecule has 0 aromatic carbocycles. The van der Waals surface area contributed by atoms with Gasteiger partial charge in [0.25, 0.3) is 11.5 Å². The highest BCUT2D eigenvalue weighted by Crippen LogP contribution is 2.25. The van der Waals surface area contributed by atoms with Crippen LogP contribution in [0.2, 0.25) is 0 Å². The number of ether oxygens (including phenoxy) is 1. The molecule has 0 spiro atoms. The third-order valence-corrected chi connectivity index (χ3v) is 9.20. The van der Waals surface area contributed by atoms with Crippen LogP contribution in [0.3, 0.4) is 0 Å². The van der Waals surface area contributed by atoms with Crippen LogP contribution >= 0.6 is 0 Å². The van der Waals surface area contributed by atoms with E-state index in [4.69, 9.17) is 4.74 Å². The van der Waals surface area contributed by atoms with Crippen LogP contribution in [-0.4, -0.2) is 59.9 Å². The normalized spacial score (nSPS) is 13.5. The number of aliphatic hydroxyl groups excluding tert-OH is 1. The van der Waals surface area contributed by atoms with Crippen LogP contribution in [0.1, 0.15) is 201 Å². The Morgan fingerprint density at radius 2 is 0.889 bits per heavy atom. The van der Waals surface area contributed by atoms with Crippen molar-refractivity contribution in [2.45, 2.75) is 212 Å². The van der Waals surface area contributed by atoms with Crippen LogP contribution in [0, 0.1) is 0 Å². The number of carbonyl (C=O) groups is 3. The average molecular weight is 638 g/mol. The quantitative estimate of drug-likeness (QED) is 0.0561. The van der Waals surface area contributed by atoms with Crippen molar-refractivity contribution in [3.8, 4) is 0 Å². The smallest absolute Gasteiger partial charge is 0.270 e. The lowest BCUT2D eigenvalue weighted by Crippen LogP contribution is -2.62. The Bertz CT molecular complexity index is 724. The number of carbonyl (C=O) groups excluding carboxylic acids is 3. The molecule has 0 saturated heterocycles. The van der Waals surface area contributed by atoms with E-state index in [-0.39, 0.29) is 19.4 Å². The van der Waals surface area contributed by atoms with Crippen molar-refractivity contribution < 1.29 is 24.2 Å². The zero-order chi connectivity index (χ0) is 33.6. The molecule has 0 fully saturated rings. The molecule has 0 aromatic rings. The number of aliphatic hydroxyl groups is 1. The molecule has 6 heteroatoms. The fourth-order valence-corrected chi connectivity index (χ4v) is 6.31. The van der Waals surface area contributed by atoms with Gasteiger partial charge < -0.3 is 14.7 Å². The minimum absolute atomic E-state index is 0.0428. The third kappa shape index (κ3) is 20.6. The molecule has 1 N–H and O–H groups in total. The van der Waals surface area contributed by atoms with Crippen molar-refractivity contribution in [2.24, 2.45) is 0 Å². The lowest BCUT2D eigenvalue weighted by atomic mass is 9.84. The SMILES string of the molecule is CCCCCCCCCCCCCCCC(=O)C(OCC)(C(=O)C(O)CCCCCCCCCCCCCCC)C(=O)N(C)C. The second-order valence-electron chi connectivity index (χ2n) is 13.6. The monoisotopic (exact) mass is 638 g/mol. The van der Waals surface area contributed by atoms with Crippen molar-refractivity contribution in [1.82, 2.24) is 4.90 Å². The predicted octanol–water partition coefficient (Wildman–Crippen LogP) is 10.3.